The summed E-state index contributed by atoms with van der Waals surface area (Å²) >= 11 is 0. The van der Waals surface area contributed by atoms with Gasteiger partial charge in [0.25, 0.3) is 0 Å². The van der Waals surface area contributed by atoms with E-state index in [1.165, 1.54) is 5.41 Å². The SMILES string of the molecule is CCNCCCNS(=O)(=O)/C=C/c1ccccc1. The van der Waals surface area contributed by atoms with Gasteiger partial charge in [0.15, 0.2) is 0 Å². The highest BCUT2D eigenvalue weighted by molar-refractivity contribution is 7.92. The molecule has 0 spiro atoms. The molecule has 0 saturated heterocycles. The summed E-state index contributed by atoms with van der Waals surface area (Å²) in [5, 5.41) is 4.34. The monoisotopic (exact) mass is 268 g/mol. The molecule has 0 aliphatic rings. The minimum Gasteiger partial charge on any atom is -0.317 e. The van der Waals surface area contributed by atoms with Gasteiger partial charge in [-0.15, -0.1) is 0 Å². The van der Waals surface area contributed by atoms with Crippen LogP contribution in [0, 0.1) is 0 Å². The lowest BCUT2D eigenvalue weighted by atomic mass is 10.2. The highest BCUT2D eigenvalue weighted by Gasteiger charge is 2.03. The van der Waals surface area contributed by atoms with Gasteiger partial charge in [-0.05, 0) is 31.1 Å². The van der Waals surface area contributed by atoms with Crippen LogP contribution in [0.5, 0.6) is 0 Å². The average Bonchev–Trinajstić information content (AvgIpc) is 2.38. The predicted octanol–water partition coefficient (Wildman–Crippen LogP) is 1.58. The molecule has 4 nitrogen and oxygen atoms in total. The first-order chi connectivity index (χ1) is 8.64. The third kappa shape index (κ3) is 6.54. The van der Waals surface area contributed by atoms with Crippen molar-refractivity contribution < 1.29 is 8.42 Å². The van der Waals surface area contributed by atoms with Crippen LogP contribution in [0.3, 0.4) is 0 Å². The number of hydrogen-bond acceptors (Lipinski definition) is 3. The van der Waals surface area contributed by atoms with Gasteiger partial charge in [-0.3, -0.25) is 0 Å². The van der Waals surface area contributed by atoms with Crippen molar-refractivity contribution in [1.82, 2.24) is 10.0 Å². The standard InChI is InChI=1S/C13H20N2O2S/c1-2-14-10-6-11-15-18(16,17)12-9-13-7-4-3-5-8-13/h3-5,7-9,12,14-15H,2,6,10-11H2,1H3/b12-9+. The largest absolute Gasteiger partial charge is 0.317 e. The molecule has 18 heavy (non-hydrogen) atoms. The zero-order valence-corrected chi connectivity index (χ0v) is 11.4. The van der Waals surface area contributed by atoms with E-state index in [-0.39, 0.29) is 0 Å². The fourth-order valence-corrected chi connectivity index (χ4v) is 2.25. The number of rotatable bonds is 8. The molecule has 1 aromatic rings. The summed E-state index contributed by atoms with van der Waals surface area (Å²) in [5.41, 5.74) is 0.871. The maximum Gasteiger partial charge on any atom is 0.233 e. The van der Waals surface area contributed by atoms with Gasteiger partial charge < -0.3 is 5.32 Å². The quantitative estimate of drug-likeness (QED) is 0.704. The van der Waals surface area contributed by atoms with Crippen molar-refractivity contribution >= 4 is 16.1 Å². The molecule has 0 aromatic heterocycles. The Morgan fingerprint density at radius 2 is 1.89 bits per heavy atom. The zero-order valence-electron chi connectivity index (χ0n) is 10.6. The van der Waals surface area contributed by atoms with Gasteiger partial charge in [0.2, 0.25) is 10.0 Å². The van der Waals surface area contributed by atoms with Crippen LogP contribution in [0.1, 0.15) is 18.9 Å². The lowest BCUT2D eigenvalue weighted by Gasteiger charge is -2.03. The molecule has 0 atom stereocenters. The first-order valence-corrected chi connectivity index (χ1v) is 7.62. The number of nitrogens with one attached hydrogen (secondary N) is 2. The summed E-state index contributed by atoms with van der Waals surface area (Å²) in [5.74, 6) is 0. The van der Waals surface area contributed by atoms with E-state index in [1.54, 1.807) is 6.08 Å². The molecular formula is C13H20N2O2S. The highest BCUT2D eigenvalue weighted by atomic mass is 32.2. The van der Waals surface area contributed by atoms with E-state index in [0.29, 0.717) is 6.54 Å². The Hall–Kier alpha value is -1.17. The Bertz CT molecular complexity index is 455. The Kier molecular flexibility index (Phi) is 6.64. The second-order valence-electron chi connectivity index (χ2n) is 3.86. The van der Waals surface area contributed by atoms with Gasteiger partial charge in [0, 0.05) is 12.0 Å². The summed E-state index contributed by atoms with van der Waals surface area (Å²) in [4.78, 5) is 0. The lowest BCUT2D eigenvalue weighted by molar-refractivity contribution is 0.584. The van der Waals surface area contributed by atoms with E-state index in [9.17, 15) is 8.42 Å². The first kappa shape index (κ1) is 14.9. The number of benzene rings is 1. The van der Waals surface area contributed by atoms with E-state index < -0.39 is 10.0 Å². The van der Waals surface area contributed by atoms with E-state index in [1.807, 2.05) is 37.3 Å². The van der Waals surface area contributed by atoms with Gasteiger partial charge in [-0.1, -0.05) is 37.3 Å². The Morgan fingerprint density at radius 1 is 1.17 bits per heavy atom. The first-order valence-electron chi connectivity index (χ1n) is 6.07. The molecule has 0 heterocycles. The Balaban J connectivity index is 2.38. The molecule has 1 aromatic carbocycles. The Labute approximate surface area is 109 Å². The molecule has 0 aliphatic heterocycles. The molecule has 1 rings (SSSR count). The van der Waals surface area contributed by atoms with Crippen LogP contribution in [0.2, 0.25) is 0 Å². The van der Waals surface area contributed by atoms with Crippen LogP contribution < -0.4 is 10.0 Å². The van der Waals surface area contributed by atoms with E-state index in [0.717, 1.165) is 25.1 Å². The van der Waals surface area contributed by atoms with Crippen molar-refractivity contribution in [3.8, 4) is 0 Å². The average molecular weight is 268 g/mol. The van der Waals surface area contributed by atoms with Crippen LogP contribution >= 0.6 is 0 Å². The molecule has 0 aliphatic carbocycles. The van der Waals surface area contributed by atoms with Crippen LogP contribution in [0.4, 0.5) is 0 Å². The lowest BCUT2D eigenvalue weighted by Crippen LogP contribution is -2.25. The third-order valence-electron chi connectivity index (χ3n) is 2.32. The molecule has 0 fully saturated rings. The van der Waals surface area contributed by atoms with E-state index >= 15 is 0 Å². The van der Waals surface area contributed by atoms with E-state index in [4.69, 9.17) is 0 Å². The molecule has 5 heteroatoms. The van der Waals surface area contributed by atoms with Gasteiger partial charge in [-0.2, -0.15) is 0 Å². The molecule has 100 valence electrons. The van der Waals surface area contributed by atoms with Crippen LogP contribution in [-0.4, -0.2) is 28.1 Å². The Morgan fingerprint density at radius 3 is 2.56 bits per heavy atom. The van der Waals surface area contributed by atoms with Crippen LogP contribution in [-0.2, 0) is 10.0 Å². The van der Waals surface area contributed by atoms with Crippen molar-refractivity contribution in [2.45, 2.75) is 13.3 Å². The minimum absolute atomic E-state index is 0.453. The summed E-state index contributed by atoms with van der Waals surface area (Å²) in [6, 6.07) is 9.35. The summed E-state index contributed by atoms with van der Waals surface area (Å²) in [7, 11) is -3.33. The predicted molar refractivity (Wildman–Crippen MR) is 75.6 cm³/mol. The van der Waals surface area contributed by atoms with Gasteiger partial charge in [0.05, 0.1) is 0 Å². The van der Waals surface area contributed by atoms with Gasteiger partial charge in [-0.25, -0.2) is 13.1 Å². The molecule has 0 amide bonds. The van der Waals surface area contributed by atoms with E-state index in [2.05, 4.69) is 10.0 Å². The van der Waals surface area contributed by atoms with Gasteiger partial charge in [0.1, 0.15) is 0 Å². The maximum absolute atomic E-state index is 11.6. The molecular weight excluding hydrogens is 248 g/mol. The second kappa shape index (κ2) is 8.02. The topological polar surface area (TPSA) is 58.2 Å². The smallest absolute Gasteiger partial charge is 0.233 e. The van der Waals surface area contributed by atoms with Crippen molar-refractivity contribution in [1.29, 1.82) is 0 Å². The van der Waals surface area contributed by atoms with Gasteiger partial charge >= 0.3 is 0 Å². The summed E-state index contributed by atoms with van der Waals surface area (Å²) < 4.78 is 25.8. The maximum atomic E-state index is 11.6. The molecule has 2 N–H and O–H groups in total. The van der Waals surface area contributed by atoms with Crippen LogP contribution in [0.25, 0.3) is 6.08 Å². The second-order valence-corrected chi connectivity index (χ2v) is 5.51. The molecule has 0 unspecified atom stereocenters. The van der Waals surface area contributed by atoms with Crippen LogP contribution in [0.15, 0.2) is 35.7 Å². The normalized spacial score (nSPS) is 12.1. The third-order valence-corrected chi connectivity index (χ3v) is 3.42. The van der Waals surface area contributed by atoms with Crippen molar-refractivity contribution in [2.75, 3.05) is 19.6 Å². The molecule has 0 radical (unpaired) electrons. The number of sulfonamides is 1. The zero-order chi connectivity index (χ0) is 13.3. The molecule has 0 saturated carbocycles. The van der Waals surface area contributed by atoms with Crippen molar-refractivity contribution in [3.63, 3.8) is 0 Å². The fraction of sp³-hybridized carbons (Fsp3) is 0.385. The van der Waals surface area contributed by atoms with Crippen molar-refractivity contribution in [2.24, 2.45) is 0 Å². The number of hydrogen-bond donors (Lipinski definition) is 2. The summed E-state index contributed by atoms with van der Waals surface area (Å²) in [6.07, 6.45) is 2.37. The highest BCUT2D eigenvalue weighted by Crippen LogP contribution is 2.02. The molecule has 0 bridgehead atoms. The minimum atomic E-state index is -3.33. The summed E-state index contributed by atoms with van der Waals surface area (Å²) in [6.45, 7) is 4.20. The fourth-order valence-electron chi connectivity index (χ4n) is 1.38. The van der Waals surface area contributed by atoms with Crippen molar-refractivity contribution in [3.05, 3.63) is 41.3 Å².